The summed E-state index contributed by atoms with van der Waals surface area (Å²) in [5, 5.41) is 3.21. The molecule has 1 aromatic heterocycles. The van der Waals surface area contributed by atoms with Crippen LogP contribution in [-0.2, 0) is 27.3 Å². The zero-order chi connectivity index (χ0) is 20.8. The summed E-state index contributed by atoms with van der Waals surface area (Å²) in [5.41, 5.74) is 2.20. The Labute approximate surface area is 168 Å². The molecular formula is C22H23N3O4. The first kappa shape index (κ1) is 20.3. The minimum atomic E-state index is -0.945. The Balaban J connectivity index is 1.54. The highest BCUT2D eigenvalue weighted by molar-refractivity contribution is 5.95. The molecule has 0 fully saturated rings. The number of aryl methyl sites for hydroxylation is 2. The van der Waals surface area contributed by atoms with Crippen molar-refractivity contribution in [3.63, 3.8) is 0 Å². The second kappa shape index (κ2) is 9.14. The summed E-state index contributed by atoms with van der Waals surface area (Å²) in [6.45, 7) is 3.69. The van der Waals surface area contributed by atoms with E-state index in [9.17, 15) is 14.4 Å². The van der Waals surface area contributed by atoms with Crippen LogP contribution in [0.1, 0.15) is 25.8 Å². The molecule has 1 unspecified atom stereocenters. The van der Waals surface area contributed by atoms with Gasteiger partial charge in [-0.05, 0) is 43.2 Å². The second-order valence-corrected chi connectivity index (χ2v) is 6.68. The predicted octanol–water partition coefficient (Wildman–Crippen LogP) is 2.92. The lowest BCUT2D eigenvalue weighted by Gasteiger charge is -2.14. The zero-order valence-corrected chi connectivity index (χ0v) is 16.4. The predicted molar refractivity (Wildman–Crippen MR) is 111 cm³/mol. The van der Waals surface area contributed by atoms with E-state index in [2.05, 4.69) is 17.2 Å². The molecule has 0 spiro atoms. The van der Waals surface area contributed by atoms with Crippen LogP contribution in [0.3, 0.4) is 0 Å². The number of ether oxygens (including phenoxy) is 1. The fourth-order valence-electron chi connectivity index (χ4n) is 2.85. The molecule has 29 heavy (non-hydrogen) atoms. The molecule has 0 saturated heterocycles. The number of benzene rings is 2. The van der Waals surface area contributed by atoms with E-state index in [0.29, 0.717) is 16.6 Å². The molecule has 1 amide bonds. The van der Waals surface area contributed by atoms with Gasteiger partial charge < -0.3 is 10.1 Å². The van der Waals surface area contributed by atoms with Crippen LogP contribution in [0.25, 0.3) is 10.9 Å². The molecule has 150 valence electrons. The van der Waals surface area contributed by atoms with Gasteiger partial charge in [0.15, 0.2) is 6.10 Å². The lowest BCUT2D eigenvalue weighted by atomic mass is 10.1. The zero-order valence-electron chi connectivity index (χ0n) is 16.4. The third-order valence-electron chi connectivity index (χ3n) is 4.60. The molecule has 3 aromatic rings. The van der Waals surface area contributed by atoms with Crippen LogP contribution in [0.4, 0.5) is 5.69 Å². The Hall–Kier alpha value is -3.48. The topological polar surface area (TPSA) is 90.3 Å². The van der Waals surface area contributed by atoms with Crippen LogP contribution < -0.4 is 10.9 Å². The van der Waals surface area contributed by atoms with Gasteiger partial charge in [-0.2, -0.15) is 0 Å². The van der Waals surface area contributed by atoms with Crippen LogP contribution in [0.15, 0.2) is 59.7 Å². The molecular weight excluding hydrogens is 370 g/mol. The number of fused-ring (bicyclic) bond motifs is 1. The van der Waals surface area contributed by atoms with Crippen molar-refractivity contribution >= 4 is 28.5 Å². The van der Waals surface area contributed by atoms with E-state index in [1.165, 1.54) is 23.4 Å². The third-order valence-corrected chi connectivity index (χ3v) is 4.60. The number of carbonyl (C=O) groups excluding carboxylic acids is 2. The lowest BCUT2D eigenvalue weighted by molar-refractivity contribution is -0.153. The van der Waals surface area contributed by atoms with Gasteiger partial charge in [0.1, 0.15) is 0 Å². The lowest BCUT2D eigenvalue weighted by Crippen LogP contribution is -2.30. The Morgan fingerprint density at radius 2 is 1.86 bits per heavy atom. The third kappa shape index (κ3) is 5.07. The van der Waals surface area contributed by atoms with Crippen molar-refractivity contribution in [1.82, 2.24) is 9.55 Å². The molecule has 7 nitrogen and oxygen atoms in total. The molecule has 1 heterocycles. The van der Waals surface area contributed by atoms with Gasteiger partial charge in [-0.15, -0.1) is 0 Å². The monoisotopic (exact) mass is 393 g/mol. The van der Waals surface area contributed by atoms with Gasteiger partial charge >= 0.3 is 5.97 Å². The molecule has 2 aromatic carbocycles. The van der Waals surface area contributed by atoms with E-state index in [-0.39, 0.29) is 18.5 Å². The van der Waals surface area contributed by atoms with E-state index in [1.807, 2.05) is 24.3 Å². The summed E-state index contributed by atoms with van der Waals surface area (Å²) in [7, 11) is 0. The summed E-state index contributed by atoms with van der Waals surface area (Å²) in [6, 6.07) is 14.5. The first-order chi connectivity index (χ1) is 14.0. The number of hydrogen-bond acceptors (Lipinski definition) is 5. The Morgan fingerprint density at radius 1 is 1.14 bits per heavy atom. The molecule has 0 saturated carbocycles. The van der Waals surface area contributed by atoms with Gasteiger partial charge in [0, 0.05) is 12.2 Å². The quantitative estimate of drug-likeness (QED) is 0.624. The summed E-state index contributed by atoms with van der Waals surface area (Å²) in [5.74, 6) is -0.971. The van der Waals surface area contributed by atoms with E-state index in [0.717, 1.165) is 6.42 Å². The first-order valence-corrected chi connectivity index (χ1v) is 9.51. The molecule has 0 aliphatic rings. The second-order valence-electron chi connectivity index (χ2n) is 6.68. The normalized spacial score (nSPS) is 11.8. The van der Waals surface area contributed by atoms with Crippen molar-refractivity contribution in [1.29, 1.82) is 0 Å². The van der Waals surface area contributed by atoms with Crippen molar-refractivity contribution in [3.8, 4) is 0 Å². The maximum absolute atomic E-state index is 12.4. The highest BCUT2D eigenvalue weighted by atomic mass is 16.5. The maximum Gasteiger partial charge on any atom is 0.308 e. The minimum Gasteiger partial charge on any atom is -0.452 e. The number of amides is 1. The Bertz CT molecular complexity index is 1070. The van der Waals surface area contributed by atoms with E-state index in [4.69, 9.17) is 4.74 Å². The maximum atomic E-state index is 12.4. The molecule has 0 bridgehead atoms. The van der Waals surface area contributed by atoms with Crippen molar-refractivity contribution < 1.29 is 14.3 Å². The van der Waals surface area contributed by atoms with Crippen LogP contribution in [0, 0.1) is 0 Å². The van der Waals surface area contributed by atoms with Crippen LogP contribution in [0.2, 0.25) is 0 Å². The van der Waals surface area contributed by atoms with E-state index < -0.39 is 18.0 Å². The van der Waals surface area contributed by atoms with Gasteiger partial charge in [-0.1, -0.05) is 31.2 Å². The largest absolute Gasteiger partial charge is 0.452 e. The number of anilines is 1. The Morgan fingerprint density at radius 3 is 2.59 bits per heavy atom. The molecule has 1 atom stereocenters. The van der Waals surface area contributed by atoms with E-state index >= 15 is 0 Å². The van der Waals surface area contributed by atoms with E-state index in [1.54, 1.807) is 24.3 Å². The number of para-hydroxylation sites is 1. The molecule has 0 aliphatic heterocycles. The van der Waals surface area contributed by atoms with Crippen LogP contribution in [0.5, 0.6) is 0 Å². The van der Waals surface area contributed by atoms with Gasteiger partial charge in [0.2, 0.25) is 0 Å². The van der Waals surface area contributed by atoms with Crippen molar-refractivity contribution in [3.05, 3.63) is 70.8 Å². The first-order valence-electron chi connectivity index (χ1n) is 9.51. The van der Waals surface area contributed by atoms with Gasteiger partial charge in [-0.25, -0.2) is 4.98 Å². The fraction of sp³-hybridized carbons (Fsp3) is 0.273. The Kier molecular flexibility index (Phi) is 6.39. The number of rotatable bonds is 7. The average molecular weight is 393 g/mol. The standard InChI is InChI=1S/C22H23N3O4/c1-3-16-8-10-17(11-9-16)24-21(27)15(2)29-20(26)12-13-25-14-23-19-7-5-4-6-18(19)22(25)28/h4-11,14-15H,3,12-13H2,1-2H3,(H,24,27). The number of nitrogens with one attached hydrogen (secondary N) is 1. The molecule has 0 aliphatic carbocycles. The van der Waals surface area contributed by atoms with Crippen LogP contribution >= 0.6 is 0 Å². The average Bonchev–Trinajstić information content (AvgIpc) is 2.74. The smallest absolute Gasteiger partial charge is 0.308 e. The summed E-state index contributed by atoms with van der Waals surface area (Å²) < 4.78 is 6.56. The number of carbonyl (C=O) groups is 2. The summed E-state index contributed by atoms with van der Waals surface area (Å²) >= 11 is 0. The number of aromatic nitrogens is 2. The van der Waals surface area contributed by atoms with Crippen molar-refractivity contribution in [2.24, 2.45) is 0 Å². The number of nitrogens with zero attached hydrogens (tertiary/aromatic N) is 2. The summed E-state index contributed by atoms with van der Waals surface area (Å²) in [6.07, 6.45) is 1.34. The summed E-state index contributed by atoms with van der Waals surface area (Å²) in [4.78, 5) is 41.0. The molecule has 3 rings (SSSR count). The highest BCUT2D eigenvalue weighted by Crippen LogP contribution is 2.11. The van der Waals surface area contributed by atoms with Crippen molar-refractivity contribution in [2.45, 2.75) is 39.3 Å². The van der Waals surface area contributed by atoms with Gasteiger partial charge in [0.05, 0.1) is 23.7 Å². The van der Waals surface area contributed by atoms with Crippen LogP contribution in [-0.4, -0.2) is 27.5 Å². The van der Waals surface area contributed by atoms with Crippen molar-refractivity contribution in [2.75, 3.05) is 5.32 Å². The highest BCUT2D eigenvalue weighted by Gasteiger charge is 2.18. The molecule has 0 radical (unpaired) electrons. The number of hydrogen-bond donors (Lipinski definition) is 1. The number of esters is 1. The SMILES string of the molecule is CCc1ccc(NC(=O)C(C)OC(=O)CCn2cnc3ccccc3c2=O)cc1. The van der Waals surface area contributed by atoms with Gasteiger partial charge in [-0.3, -0.25) is 19.0 Å². The minimum absolute atomic E-state index is 0.0389. The molecule has 1 N–H and O–H groups in total. The molecule has 7 heteroatoms. The fourth-order valence-corrected chi connectivity index (χ4v) is 2.85. The van der Waals surface area contributed by atoms with Gasteiger partial charge in [0.25, 0.3) is 11.5 Å².